The molecule has 0 aromatic heterocycles. The summed E-state index contributed by atoms with van der Waals surface area (Å²) in [5.41, 5.74) is 0.681. The highest BCUT2D eigenvalue weighted by Crippen LogP contribution is 2.20. The lowest BCUT2D eigenvalue weighted by Crippen LogP contribution is -2.17. The number of halogens is 2. The van der Waals surface area contributed by atoms with E-state index in [4.69, 9.17) is 0 Å². The molecule has 0 bridgehead atoms. The van der Waals surface area contributed by atoms with Gasteiger partial charge in [-0.15, -0.1) is 0 Å². The molecular weight excluding hydrogens is 157 g/mol. The summed E-state index contributed by atoms with van der Waals surface area (Å²) in [5.74, 6) is -1.03. The molecule has 0 saturated carbocycles. The number of rotatable bonds is 1. The first-order chi connectivity index (χ1) is 5.39. The first-order valence-corrected chi connectivity index (χ1v) is 3.86. The highest BCUT2D eigenvalue weighted by molar-refractivity contribution is 6.15. The maximum absolute atomic E-state index is 12.7. The third-order valence-corrected chi connectivity index (χ3v) is 1.73. The van der Waals surface area contributed by atoms with Gasteiger partial charge in [0.2, 0.25) is 0 Å². The highest BCUT2D eigenvalue weighted by atomic mass is 19.1. The van der Waals surface area contributed by atoms with Crippen LogP contribution >= 0.6 is 0 Å². The molecule has 0 aliphatic carbocycles. The normalized spacial score (nSPS) is 11.7. The first kappa shape index (κ1) is 9.23. The van der Waals surface area contributed by atoms with Gasteiger partial charge in [-0.2, -0.15) is 0 Å². The molecule has 64 valence electrons. The van der Waals surface area contributed by atoms with Gasteiger partial charge in [0.1, 0.15) is 19.5 Å². The zero-order valence-electron chi connectivity index (χ0n) is 7.49. The predicted octanol–water partition coefficient (Wildman–Crippen LogP) is 1.83. The van der Waals surface area contributed by atoms with E-state index in [0.717, 1.165) is 6.07 Å². The zero-order valence-corrected chi connectivity index (χ0v) is 7.49. The van der Waals surface area contributed by atoms with Crippen molar-refractivity contribution in [3.8, 4) is 0 Å². The minimum Gasteiger partial charge on any atom is -0.207 e. The fourth-order valence-corrected chi connectivity index (χ4v) is 0.987. The third kappa shape index (κ3) is 2.06. The Hall–Kier alpha value is -0.855. The maximum atomic E-state index is 12.7. The summed E-state index contributed by atoms with van der Waals surface area (Å²) in [6.45, 7) is 3.84. The average molecular weight is 168 g/mol. The lowest BCUT2D eigenvalue weighted by Gasteiger charge is -2.18. The molecule has 0 spiro atoms. The molecule has 0 atom stereocenters. The lowest BCUT2D eigenvalue weighted by molar-refractivity contribution is 0.573. The van der Waals surface area contributed by atoms with Crippen molar-refractivity contribution in [3.63, 3.8) is 0 Å². The molecule has 0 aliphatic rings. The average Bonchev–Trinajstić information content (AvgIpc) is 1.82. The molecule has 0 N–H and O–H groups in total. The van der Waals surface area contributed by atoms with Gasteiger partial charge in [-0.1, -0.05) is 13.8 Å². The Morgan fingerprint density at radius 3 is 1.83 bits per heavy atom. The fraction of sp³-hybridized carbons (Fsp3) is 0.333. The van der Waals surface area contributed by atoms with E-state index >= 15 is 0 Å². The van der Waals surface area contributed by atoms with Crippen molar-refractivity contribution in [2.45, 2.75) is 19.2 Å². The smallest absolute Gasteiger partial charge is 0.126 e. The van der Waals surface area contributed by atoms with E-state index in [1.165, 1.54) is 12.1 Å². The van der Waals surface area contributed by atoms with Crippen molar-refractivity contribution in [1.29, 1.82) is 0 Å². The lowest BCUT2D eigenvalue weighted by atomic mass is 9.67. The Morgan fingerprint density at radius 1 is 1.08 bits per heavy atom. The summed E-state index contributed by atoms with van der Waals surface area (Å²) < 4.78 is 25.4. The van der Waals surface area contributed by atoms with Gasteiger partial charge >= 0.3 is 0 Å². The van der Waals surface area contributed by atoms with E-state index in [1.807, 2.05) is 21.7 Å². The van der Waals surface area contributed by atoms with Gasteiger partial charge in [-0.3, -0.25) is 0 Å². The van der Waals surface area contributed by atoms with Crippen LogP contribution in [0, 0.1) is 11.6 Å². The molecule has 1 rings (SSSR count). The van der Waals surface area contributed by atoms with E-state index in [-0.39, 0.29) is 5.31 Å². The molecule has 0 nitrogen and oxygen atoms in total. The summed E-state index contributed by atoms with van der Waals surface area (Å²) in [5, 5.41) is -0.205. The van der Waals surface area contributed by atoms with Crippen molar-refractivity contribution in [3.05, 3.63) is 35.4 Å². The molecule has 0 radical (unpaired) electrons. The largest absolute Gasteiger partial charge is 0.207 e. The van der Waals surface area contributed by atoms with E-state index in [1.54, 1.807) is 0 Å². The van der Waals surface area contributed by atoms with Crippen LogP contribution in [0.5, 0.6) is 0 Å². The van der Waals surface area contributed by atoms with Crippen LogP contribution in [0.15, 0.2) is 18.2 Å². The highest BCUT2D eigenvalue weighted by Gasteiger charge is 2.15. The molecular formula is C9H11BF2. The predicted molar refractivity (Wildman–Crippen MR) is 47.9 cm³/mol. The molecule has 0 heterocycles. The van der Waals surface area contributed by atoms with Gasteiger partial charge in [0.15, 0.2) is 0 Å². The van der Waals surface area contributed by atoms with Crippen molar-refractivity contribution >= 4 is 7.85 Å². The van der Waals surface area contributed by atoms with Crippen molar-refractivity contribution < 1.29 is 8.78 Å². The summed E-state index contributed by atoms with van der Waals surface area (Å²) in [6.07, 6.45) is 0. The van der Waals surface area contributed by atoms with Gasteiger partial charge in [0.05, 0.1) is 0 Å². The third-order valence-electron chi connectivity index (χ3n) is 1.73. The Kier molecular flexibility index (Phi) is 2.22. The summed E-state index contributed by atoms with van der Waals surface area (Å²) in [6, 6.07) is 3.61. The monoisotopic (exact) mass is 168 g/mol. The molecule has 1 aromatic carbocycles. The van der Waals surface area contributed by atoms with Gasteiger partial charge < -0.3 is 0 Å². The van der Waals surface area contributed by atoms with Crippen LogP contribution in [0.1, 0.15) is 19.4 Å². The molecule has 3 heteroatoms. The molecule has 1 aromatic rings. The van der Waals surface area contributed by atoms with Crippen LogP contribution in [-0.2, 0) is 5.31 Å². The quantitative estimate of drug-likeness (QED) is 0.561. The SMILES string of the molecule is BC(C)(C)c1cc(F)cc(F)c1. The standard InChI is InChI=1S/C9H11BF2/c1-9(2,10)6-3-7(11)5-8(12)4-6/h3-5H,10H2,1-2H3. The number of benzene rings is 1. The minimum absolute atomic E-state index is 0.205. The van der Waals surface area contributed by atoms with Gasteiger partial charge in [-0.05, 0) is 23.0 Å². The topological polar surface area (TPSA) is 0 Å². The Morgan fingerprint density at radius 2 is 1.50 bits per heavy atom. The van der Waals surface area contributed by atoms with E-state index in [0.29, 0.717) is 5.56 Å². The van der Waals surface area contributed by atoms with Gasteiger partial charge in [-0.25, -0.2) is 8.78 Å². The van der Waals surface area contributed by atoms with Gasteiger partial charge in [0, 0.05) is 6.07 Å². The van der Waals surface area contributed by atoms with Crippen LogP contribution in [0.25, 0.3) is 0 Å². The van der Waals surface area contributed by atoms with Gasteiger partial charge in [0.25, 0.3) is 0 Å². The molecule has 0 fully saturated rings. The molecule has 12 heavy (non-hydrogen) atoms. The first-order valence-electron chi connectivity index (χ1n) is 3.86. The number of hydrogen-bond acceptors (Lipinski definition) is 0. The molecule has 0 saturated heterocycles. The molecule has 0 aliphatic heterocycles. The second kappa shape index (κ2) is 2.89. The van der Waals surface area contributed by atoms with E-state index in [9.17, 15) is 8.78 Å². The second-order valence-corrected chi connectivity index (χ2v) is 3.91. The van der Waals surface area contributed by atoms with Crippen LogP contribution < -0.4 is 0 Å². The van der Waals surface area contributed by atoms with Crippen molar-refractivity contribution in [2.75, 3.05) is 0 Å². The summed E-state index contributed by atoms with van der Waals surface area (Å²) in [7, 11) is 1.92. The second-order valence-electron chi connectivity index (χ2n) is 3.91. The maximum Gasteiger partial charge on any atom is 0.126 e. The minimum atomic E-state index is -0.514. The van der Waals surface area contributed by atoms with Crippen molar-refractivity contribution in [1.82, 2.24) is 0 Å². The van der Waals surface area contributed by atoms with Crippen LogP contribution in [0.4, 0.5) is 8.78 Å². The van der Waals surface area contributed by atoms with Crippen LogP contribution in [-0.4, -0.2) is 7.85 Å². The van der Waals surface area contributed by atoms with E-state index < -0.39 is 11.6 Å². The fourth-order valence-electron chi connectivity index (χ4n) is 0.987. The van der Waals surface area contributed by atoms with Crippen molar-refractivity contribution in [2.24, 2.45) is 0 Å². The summed E-state index contributed by atoms with van der Waals surface area (Å²) >= 11 is 0. The molecule has 0 amide bonds. The Labute approximate surface area is 72.0 Å². The van der Waals surface area contributed by atoms with Crippen LogP contribution in [0.2, 0.25) is 0 Å². The molecule has 0 unspecified atom stereocenters. The van der Waals surface area contributed by atoms with Crippen LogP contribution in [0.3, 0.4) is 0 Å². The Balaban J connectivity index is 3.18. The number of hydrogen-bond donors (Lipinski definition) is 0. The zero-order chi connectivity index (χ0) is 9.35. The summed E-state index contributed by atoms with van der Waals surface area (Å²) in [4.78, 5) is 0. The Bertz CT molecular complexity index is 269. The van der Waals surface area contributed by atoms with E-state index in [2.05, 4.69) is 0 Å².